The smallest absolute Gasteiger partial charge is 0.225 e. The van der Waals surface area contributed by atoms with Gasteiger partial charge in [-0.1, -0.05) is 26.0 Å². The second-order valence-corrected chi connectivity index (χ2v) is 8.93. The molecule has 2 fully saturated rings. The van der Waals surface area contributed by atoms with E-state index >= 15 is 0 Å². The van der Waals surface area contributed by atoms with E-state index in [1.54, 1.807) is 12.3 Å². The minimum Gasteiger partial charge on any atom is -0.396 e. The van der Waals surface area contributed by atoms with Crippen molar-refractivity contribution in [1.82, 2.24) is 14.9 Å². The molecule has 0 unspecified atom stereocenters. The summed E-state index contributed by atoms with van der Waals surface area (Å²) in [6.45, 7) is 7.59. The molecule has 8 heteroatoms. The molecule has 2 aromatic rings. The number of aliphatic hydroxyl groups is 1. The van der Waals surface area contributed by atoms with Crippen LogP contribution in [0.1, 0.15) is 61.8 Å². The maximum atomic E-state index is 12.5. The Morgan fingerprint density at radius 3 is 2.88 bits per heavy atom. The Morgan fingerprint density at radius 2 is 2.21 bits per heavy atom. The summed E-state index contributed by atoms with van der Waals surface area (Å²) in [6, 6.07) is 8.07. The first-order chi connectivity index (χ1) is 16.6. The van der Waals surface area contributed by atoms with E-state index in [-0.39, 0.29) is 25.0 Å². The van der Waals surface area contributed by atoms with Gasteiger partial charge in [-0.15, -0.1) is 0 Å². The average molecular weight is 461 g/mol. The fourth-order valence-corrected chi connectivity index (χ4v) is 4.58. The van der Waals surface area contributed by atoms with Gasteiger partial charge in [-0.05, 0) is 43.0 Å². The van der Waals surface area contributed by atoms with Crippen LogP contribution < -0.4 is 10.2 Å². The average Bonchev–Trinajstić information content (AvgIpc) is 3.69. The molecule has 34 heavy (non-hydrogen) atoms. The van der Waals surface area contributed by atoms with Crippen LogP contribution in [0.3, 0.4) is 0 Å². The zero-order chi connectivity index (χ0) is 24.1. The van der Waals surface area contributed by atoms with Crippen molar-refractivity contribution in [2.45, 2.75) is 51.0 Å². The minimum atomic E-state index is -0.137. The normalized spacial score (nSPS) is 17.9. The lowest BCUT2D eigenvalue weighted by atomic mass is 10.0. The molecule has 4 rings (SSSR count). The van der Waals surface area contributed by atoms with Gasteiger partial charge in [-0.3, -0.25) is 4.79 Å². The third kappa shape index (κ3) is 5.20. The number of nitriles is 1. The number of piperazine rings is 1. The number of carbonyl (C=O) groups excluding carboxylic acids is 1. The Kier molecular flexibility index (Phi) is 7.43. The van der Waals surface area contributed by atoms with Gasteiger partial charge in [0.1, 0.15) is 17.7 Å². The lowest BCUT2D eigenvalue weighted by molar-refractivity contribution is -0.134. The highest BCUT2D eigenvalue weighted by molar-refractivity contribution is 5.77. The van der Waals surface area contributed by atoms with Gasteiger partial charge in [0.2, 0.25) is 5.91 Å². The molecule has 0 spiro atoms. The molecular weight excluding hydrogens is 428 g/mol. The fraction of sp³-hybridized carbons (Fsp3) is 0.462. The van der Waals surface area contributed by atoms with Crippen molar-refractivity contribution < 1.29 is 9.90 Å². The van der Waals surface area contributed by atoms with Gasteiger partial charge >= 0.3 is 0 Å². The van der Waals surface area contributed by atoms with Gasteiger partial charge in [0.15, 0.2) is 0 Å². The lowest BCUT2D eigenvalue weighted by Gasteiger charge is -2.42. The third-order valence-corrected chi connectivity index (χ3v) is 6.45. The van der Waals surface area contributed by atoms with E-state index in [0.717, 1.165) is 42.6 Å². The maximum Gasteiger partial charge on any atom is 0.225 e. The molecule has 1 saturated carbocycles. The largest absolute Gasteiger partial charge is 0.396 e. The first-order valence-corrected chi connectivity index (χ1v) is 12.0. The van der Waals surface area contributed by atoms with Crippen molar-refractivity contribution in [3.63, 3.8) is 0 Å². The standard InChI is InChI=1S/C26H32N6O2/c1-3-5-21-17-31(11-12-32(21)24(34)9-13-33)26-20(16-27)15-22(25(30-26)19-6-7-19)29-23-14-18(4-2)8-10-28-23/h4,8,10,14-15,19,21,33H,2-3,5-7,9,11-13,17H2,1H3,(H,28,29)/t21-/m1/s1. The van der Waals surface area contributed by atoms with Gasteiger partial charge in [0.05, 0.1) is 23.6 Å². The molecule has 1 aliphatic carbocycles. The van der Waals surface area contributed by atoms with E-state index in [0.29, 0.717) is 42.8 Å². The van der Waals surface area contributed by atoms with Crippen molar-refractivity contribution in [2.24, 2.45) is 0 Å². The molecular formula is C26H32N6O2. The molecule has 2 aromatic heterocycles. The molecule has 2 N–H and O–H groups in total. The van der Waals surface area contributed by atoms with Crippen LogP contribution in [0.4, 0.5) is 17.3 Å². The number of anilines is 3. The molecule has 0 bridgehead atoms. The predicted octanol–water partition coefficient (Wildman–Crippen LogP) is 3.81. The highest BCUT2D eigenvalue weighted by atomic mass is 16.3. The van der Waals surface area contributed by atoms with Crippen LogP contribution >= 0.6 is 0 Å². The van der Waals surface area contributed by atoms with Crippen LogP contribution in [0.15, 0.2) is 31.0 Å². The summed E-state index contributed by atoms with van der Waals surface area (Å²) < 4.78 is 0. The van der Waals surface area contributed by atoms with Crippen LogP contribution in [-0.2, 0) is 4.79 Å². The van der Waals surface area contributed by atoms with Gasteiger partial charge in [-0.2, -0.15) is 5.26 Å². The van der Waals surface area contributed by atoms with Crippen LogP contribution in [0.2, 0.25) is 0 Å². The van der Waals surface area contributed by atoms with Crippen LogP contribution in [-0.4, -0.2) is 58.2 Å². The van der Waals surface area contributed by atoms with Crippen molar-refractivity contribution in [3.8, 4) is 6.07 Å². The molecule has 8 nitrogen and oxygen atoms in total. The summed E-state index contributed by atoms with van der Waals surface area (Å²) in [5.74, 6) is 1.74. The molecule has 0 radical (unpaired) electrons. The number of rotatable bonds is 9. The number of amides is 1. The van der Waals surface area contributed by atoms with Gasteiger partial charge < -0.3 is 20.2 Å². The van der Waals surface area contributed by atoms with Crippen molar-refractivity contribution >= 4 is 29.3 Å². The Bertz CT molecular complexity index is 1090. The Hall–Kier alpha value is -3.44. The number of nitrogens with one attached hydrogen (secondary N) is 1. The number of aliphatic hydroxyl groups excluding tert-OH is 1. The molecule has 1 amide bonds. The topological polar surface area (TPSA) is 105 Å². The zero-order valence-corrected chi connectivity index (χ0v) is 19.7. The van der Waals surface area contributed by atoms with E-state index in [1.165, 1.54) is 0 Å². The molecule has 3 heterocycles. The minimum absolute atomic E-state index is 0.0125. The predicted molar refractivity (Wildman–Crippen MR) is 133 cm³/mol. The number of hydrogen-bond donors (Lipinski definition) is 2. The van der Waals surface area contributed by atoms with E-state index in [9.17, 15) is 15.2 Å². The van der Waals surface area contributed by atoms with Crippen molar-refractivity contribution in [2.75, 3.05) is 36.5 Å². The number of carbonyl (C=O) groups is 1. The second-order valence-electron chi connectivity index (χ2n) is 8.93. The van der Waals surface area contributed by atoms with E-state index in [2.05, 4.69) is 34.8 Å². The monoisotopic (exact) mass is 460 g/mol. The Morgan fingerprint density at radius 1 is 1.38 bits per heavy atom. The molecule has 1 atom stereocenters. The maximum absolute atomic E-state index is 12.5. The summed E-state index contributed by atoms with van der Waals surface area (Å²) >= 11 is 0. The van der Waals surface area contributed by atoms with Crippen LogP contribution in [0, 0.1) is 11.3 Å². The van der Waals surface area contributed by atoms with Gasteiger partial charge in [0.25, 0.3) is 0 Å². The highest BCUT2D eigenvalue weighted by Gasteiger charge is 2.34. The molecule has 1 saturated heterocycles. The van der Waals surface area contributed by atoms with Crippen LogP contribution in [0.5, 0.6) is 0 Å². The third-order valence-electron chi connectivity index (χ3n) is 6.45. The molecule has 2 aliphatic rings. The summed E-state index contributed by atoms with van der Waals surface area (Å²) in [7, 11) is 0. The number of hydrogen-bond acceptors (Lipinski definition) is 7. The Labute approximate surface area is 200 Å². The Balaban J connectivity index is 1.63. The fourth-order valence-electron chi connectivity index (χ4n) is 4.58. The van der Waals surface area contributed by atoms with Gasteiger partial charge in [-0.25, -0.2) is 9.97 Å². The number of nitrogens with zero attached hydrogens (tertiary/aromatic N) is 5. The summed E-state index contributed by atoms with van der Waals surface area (Å²) in [6.07, 6.45) is 7.63. The highest BCUT2D eigenvalue weighted by Crippen LogP contribution is 2.44. The van der Waals surface area contributed by atoms with Crippen molar-refractivity contribution in [3.05, 3.63) is 47.8 Å². The number of pyridine rings is 2. The first-order valence-electron chi connectivity index (χ1n) is 12.0. The van der Waals surface area contributed by atoms with E-state index in [1.807, 2.05) is 23.1 Å². The SMILES string of the molecule is C=Cc1ccnc(Nc2cc(C#N)c(N3CCN(C(=O)CCO)[C@H](CCC)C3)nc2C2CC2)c1. The summed E-state index contributed by atoms with van der Waals surface area (Å²) in [5.41, 5.74) is 3.26. The zero-order valence-electron chi connectivity index (χ0n) is 19.7. The second kappa shape index (κ2) is 10.7. The molecule has 178 valence electrons. The molecule has 0 aromatic carbocycles. The number of aromatic nitrogens is 2. The van der Waals surface area contributed by atoms with E-state index < -0.39 is 0 Å². The quantitative estimate of drug-likeness (QED) is 0.586. The molecule has 1 aliphatic heterocycles. The summed E-state index contributed by atoms with van der Waals surface area (Å²) in [4.78, 5) is 26.0. The van der Waals surface area contributed by atoms with E-state index in [4.69, 9.17) is 4.98 Å². The van der Waals surface area contributed by atoms with Crippen LogP contribution in [0.25, 0.3) is 6.08 Å². The lowest BCUT2D eigenvalue weighted by Crippen LogP contribution is -2.55. The first kappa shape index (κ1) is 23.7. The van der Waals surface area contributed by atoms with Crippen molar-refractivity contribution in [1.29, 1.82) is 5.26 Å². The van der Waals surface area contributed by atoms with Gasteiger partial charge in [0, 0.05) is 44.2 Å². The summed E-state index contributed by atoms with van der Waals surface area (Å²) in [5, 5.41) is 22.6.